The Morgan fingerprint density at radius 3 is 2.86 bits per heavy atom. The monoisotopic (exact) mass is 432 g/mol. The molecule has 2 aromatic rings. The highest BCUT2D eigenvalue weighted by molar-refractivity contribution is 8.00. The zero-order valence-electron chi connectivity index (χ0n) is 17.6. The summed E-state index contributed by atoms with van der Waals surface area (Å²) in [6.07, 6.45) is 7.87. The fraction of sp³-hybridized carbons (Fsp3) is 0.667. The van der Waals surface area contributed by atoms with Crippen molar-refractivity contribution in [1.82, 2.24) is 25.0 Å². The third-order valence-corrected chi connectivity index (χ3v) is 8.57. The summed E-state index contributed by atoms with van der Waals surface area (Å²) in [6, 6.07) is 4.33. The molecule has 3 heterocycles. The third kappa shape index (κ3) is 5.15. The van der Waals surface area contributed by atoms with Crippen molar-refractivity contribution >= 4 is 29.1 Å². The van der Waals surface area contributed by atoms with E-state index >= 15 is 0 Å². The second kappa shape index (κ2) is 9.51. The van der Waals surface area contributed by atoms with Crippen molar-refractivity contribution in [3.05, 3.63) is 34.0 Å². The first-order chi connectivity index (χ1) is 14.2. The van der Waals surface area contributed by atoms with Crippen molar-refractivity contribution < 1.29 is 0 Å². The lowest BCUT2D eigenvalue weighted by Gasteiger charge is -2.45. The second-order valence-corrected chi connectivity index (χ2v) is 10.7. The second-order valence-electron chi connectivity index (χ2n) is 8.13. The van der Waals surface area contributed by atoms with E-state index in [0.29, 0.717) is 11.3 Å². The van der Waals surface area contributed by atoms with E-state index in [1.54, 1.807) is 0 Å². The molecule has 0 unspecified atom stereocenters. The molecule has 158 valence electrons. The molecule has 0 bridgehead atoms. The van der Waals surface area contributed by atoms with Crippen LogP contribution >= 0.6 is 23.1 Å². The number of thioether (sulfide) groups is 1. The molecule has 1 saturated carbocycles. The number of hydrogen-bond acceptors (Lipinski definition) is 5. The lowest BCUT2D eigenvalue weighted by atomic mass is 9.87. The quantitative estimate of drug-likeness (QED) is 0.578. The van der Waals surface area contributed by atoms with E-state index in [1.165, 1.54) is 42.7 Å². The van der Waals surface area contributed by atoms with Gasteiger partial charge in [0.25, 0.3) is 0 Å². The van der Waals surface area contributed by atoms with E-state index in [-0.39, 0.29) is 0 Å². The minimum Gasteiger partial charge on any atom is -0.356 e. The van der Waals surface area contributed by atoms with Crippen LogP contribution in [0.1, 0.15) is 48.6 Å². The molecule has 2 aliphatic rings. The number of nitrogens with one attached hydrogen (secondary N) is 1. The van der Waals surface area contributed by atoms with Gasteiger partial charge in [-0.15, -0.1) is 21.5 Å². The van der Waals surface area contributed by atoms with Gasteiger partial charge in [-0.2, -0.15) is 11.8 Å². The molecule has 1 aliphatic carbocycles. The summed E-state index contributed by atoms with van der Waals surface area (Å²) in [5.74, 6) is 4.07. The predicted octanol–water partition coefficient (Wildman–Crippen LogP) is 3.63. The lowest BCUT2D eigenvalue weighted by molar-refractivity contribution is 0.293. The van der Waals surface area contributed by atoms with Crippen molar-refractivity contribution in [2.45, 2.75) is 56.7 Å². The lowest BCUT2D eigenvalue weighted by Crippen LogP contribution is -2.53. The number of nitrogens with zero attached hydrogens (tertiary/aromatic N) is 5. The number of aromatic nitrogens is 3. The maximum Gasteiger partial charge on any atom is 0.194 e. The SMILES string of the molecule is Cc1nnc(CN=C(NCCc2cccs2)N2CCSC3(CCCCC3)C2)n1C. The summed E-state index contributed by atoms with van der Waals surface area (Å²) in [7, 11) is 2.01. The van der Waals surface area contributed by atoms with E-state index in [4.69, 9.17) is 4.99 Å². The third-order valence-electron chi connectivity index (χ3n) is 6.10. The maximum absolute atomic E-state index is 4.99. The summed E-state index contributed by atoms with van der Waals surface area (Å²) < 4.78 is 2.45. The molecule has 6 nitrogen and oxygen atoms in total. The normalized spacial score (nSPS) is 19.7. The number of hydrogen-bond donors (Lipinski definition) is 1. The van der Waals surface area contributed by atoms with Crippen LogP contribution in [0.4, 0.5) is 0 Å². The van der Waals surface area contributed by atoms with E-state index in [1.807, 2.05) is 29.9 Å². The summed E-state index contributed by atoms with van der Waals surface area (Å²) >= 11 is 4.02. The van der Waals surface area contributed by atoms with Crippen LogP contribution in [0.2, 0.25) is 0 Å². The number of thiophene rings is 1. The molecule has 1 aliphatic heterocycles. The molecular formula is C21H32N6S2. The van der Waals surface area contributed by atoms with Gasteiger partial charge in [0.15, 0.2) is 11.8 Å². The first-order valence-corrected chi connectivity index (χ1v) is 12.6. The van der Waals surface area contributed by atoms with Gasteiger partial charge in [-0.3, -0.25) is 0 Å². The van der Waals surface area contributed by atoms with Crippen molar-refractivity contribution in [1.29, 1.82) is 0 Å². The van der Waals surface area contributed by atoms with Gasteiger partial charge in [-0.1, -0.05) is 25.3 Å². The zero-order valence-corrected chi connectivity index (χ0v) is 19.2. The van der Waals surface area contributed by atoms with Gasteiger partial charge >= 0.3 is 0 Å². The van der Waals surface area contributed by atoms with Crippen LogP contribution in [-0.4, -0.2) is 55.8 Å². The van der Waals surface area contributed by atoms with Gasteiger partial charge in [-0.25, -0.2) is 4.99 Å². The summed E-state index contributed by atoms with van der Waals surface area (Å²) in [5, 5.41) is 14.3. The highest BCUT2D eigenvalue weighted by Crippen LogP contribution is 2.42. The Hall–Kier alpha value is -1.54. The van der Waals surface area contributed by atoms with Gasteiger partial charge in [0.1, 0.15) is 12.4 Å². The average molecular weight is 433 g/mol. The largest absolute Gasteiger partial charge is 0.356 e. The number of aryl methyl sites for hydroxylation is 1. The minimum absolute atomic E-state index is 0.425. The van der Waals surface area contributed by atoms with Crippen molar-refractivity contribution in [3.8, 4) is 0 Å². The molecule has 29 heavy (non-hydrogen) atoms. The highest BCUT2D eigenvalue weighted by Gasteiger charge is 2.38. The molecule has 0 atom stereocenters. The van der Waals surface area contributed by atoms with E-state index in [0.717, 1.165) is 43.7 Å². The fourth-order valence-electron chi connectivity index (χ4n) is 4.28. The standard InChI is InChI=1S/C21H32N6S2/c1-17-24-25-19(26(17)2)15-23-20(22-11-8-18-7-6-13-28-18)27-12-14-29-21(16-27)9-4-3-5-10-21/h6-7,13H,3-5,8-12,14-16H2,1-2H3,(H,22,23). The molecule has 8 heteroatoms. The van der Waals surface area contributed by atoms with E-state index in [9.17, 15) is 0 Å². The Kier molecular flexibility index (Phi) is 6.80. The van der Waals surface area contributed by atoms with E-state index < -0.39 is 0 Å². The number of aliphatic imine (C=N–C) groups is 1. The topological polar surface area (TPSA) is 58.3 Å². The number of rotatable bonds is 5. The Labute approximate surface area is 182 Å². The van der Waals surface area contributed by atoms with Crippen LogP contribution in [0.25, 0.3) is 0 Å². The summed E-state index contributed by atoms with van der Waals surface area (Å²) in [6.45, 7) is 5.63. The zero-order chi connectivity index (χ0) is 20.1. The van der Waals surface area contributed by atoms with Gasteiger partial charge in [0, 0.05) is 42.1 Å². The molecule has 1 N–H and O–H groups in total. The van der Waals surface area contributed by atoms with Gasteiger partial charge in [-0.05, 0) is 37.6 Å². The molecule has 0 radical (unpaired) electrons. The van der Waals surface area contributed by atoms with E-state index in [2.05, 4.69) is 49.7 Å². The van der Waals surface area contributed by atoms with Crippen molar-refractivity contribution in [2.75, 3.05) is 25.4 Å². The van der Waals surface area contributed by atoms with Crippen LogP contribution in [0.5, 0.6) is 0 Å². The minimum atomic E-state index is 0.425. The Morgan fingerprint density at radius 2 is 2.14 bits per heavy atom. The molecule has 0 aromatic carbocycles. The van der Waals surface area contributed by atoms with Gasteiger partial charge in [0.05, 0.1) is 0 Å². The predicted molar refractivity (Wildman–Crippen MR) is 123 cm³/mol. The molecule has 0 amide bonds. The van der Waals surface area contributed by atoms with Crippen molar-refractivity contribution in [2.24, 2.45) is 12.0 Å². The van der Waals surface area contributed by atoms with Crippen LogP contribution in [-0.2, 0) is 20.0 Å². The molecule has 2 fully saturated rings. The first-order valence-electron chi connectivity index (χ1n) is 10.7. The number of guanidine groups is 1. The highest BCUT2D eigenvalue weighted by atomic mass is 32.2. The molecule has 1 saturated heterocycles. The van der Waals surface area contributed by atoms with Crippen LogP contribution < -0.4 is 5.32 Å². The first kappa shape index (κ1) is 20.7. The average Bonchev–Trinajstić information content (AvgIpc) is 3.36. The maximum atomic E-state index is 4.99. The Morgan fingerprint density at radius 1 is 1.28 bits per heavy atom. The van der Waals surface area contributed by atoms with Gasteiger partial charge < -0.3 is 14.8 Å². The van der Waals surface area contributed by atoms with Crippen LogP contribution in [0, 0.1) is 6.92 Å². The smallest absolute Gasteiger partial charge is 0.194 e. The Balaban J connectivity index is 1.47. The van der Waals surface area contributed by atoms with Crippen LogP contribution in [0.3, 0.4) is 0 Å². The Bertz CT molecular complexity index is 802. The van der Waals surface area contributed by atoms with Crippen molar-refractivity contribution in [3.63, 3.8) is 0 Å². The summed E-state index contributed by atoms with van der Waals surface area (Å²) in [5.41, 5.74) is 0. The summed E-state index contributed by atoms with van der Waals surface area (Å²) in [4.78, 5) is 8.91. The molecule has 1 spiro atoms. The van der Waals surface area contributed by atoms with Crippen LogP contribution in [0.15, 0.2) is 22.5 Å². The molecule has 4 rings (SSSR count). The fourth-order valence-corrected chi connectivity index (χ4v) is 6.56. The molecular weight excluding hydrogens is 400 g/mol. The van der Waals surface area contributed by atoms with Gasteiger partial charge in [0.2, 0.25) is 0 Å². The molecule has 2 aromatic heterocycles.